The fourth-order valence-corrected chi connectivity index (χ4v) is 3.71. The lowest BCUT2D eigenvalue weighted by Gasteiger charge is -2.29. The van der Waals surface area contributed by atoms with Gasteiger partial charge in [-0.15, -0.1) is 12.4 Å². The maximum absolute atomic E-state index is 5.45. The molecule has 0 saturated carbocycles. The molecular formula is C18H29ClN2O2. The second kappa shape index (κ2) is 8.76. The van der Waals surface area contributed by atoms with Gasteiger partial charge in [-0.3, -0.25) is 0 Å². The zero-order valence-corrected chi connectivity index (χ0v) is 15.1. The zero-order valence-electron chi connectivity index (χ0n) is 14.3. The minimum absolute atomic E-state index is 0. The van der Waals surface area contributed by atoms with Crippen molar-refractivity contribution in [3.8, 4) is 11.5 Å². The zero-order chi connectivity index (χ0) is 15.4. The van der Waals surface area contributed by atoms with Crippen LogP contribution in [0.2, 0.25) is 0 Å². The highest BCUT2D eigenvalue weighted by molar-refractivity contribution is 5.85. The minimum atomic E-state index is 0. The molecule has 1 aromatic carbocycles. The lowest BCUT2D eigenvalue weighted by atomic mass is 9.97. The number of rotatable bonds is 4. The van der Waals surface area contributed by atoms with Gasteiger partial charge in [-0.05, 0) is 68.0 Å². The number of hydrogen-bond donors (Lipinski definition) is 1. The number of benzene rings is 1. The van der Waals surface area contributed by atoms with Crippen LogP contribution in [0.3, 0.4) is 0 Å². The first-order valence-corrected chi connectivity index (χ1v) is 8.47. The summed E-state index contributed by atoms with van der Waals surface area (Å²) < 4.78 is 10.9. The highest BCUT2D eigenvalue weighted by Crippen LogP contribution is 2.32. The molecule has 2 aliphatic rings. The Morgan fingerprint density at radius 2 is 1.52 bits per heavy atom. The predicted octanol–water partition coefficient (Wildman–Crippen LogP) is 2.53. The monoisotopic (exact) mass is 340 g/mol. The van der Waals surface area contributed by atoms with E-state index in [-0.39, 0.29) is 12.4 Å². The standard InChI is InChI=1S/C18H28N2O2.ClH/c1-21-17-11-15-5-9-20(13-14-3-7-19-8-4-14)10-6-16(15)12-18(17)22-2;/h11-12,14,19H,3-10,13H2,1-2H3;1H. The molecule has 0 unspecified atom stereocenters. The Balaban J connectivity index is 0.00000192. The van der Waals surface area contributed by atoms with Gasteiger partial charge in [0.1, 0.15) is 0 Å². The van der Waals surface area contributed by atoms with Gasteiger partial charge in [0.25, 0.3) is 0 Å². The molecule has 2 heterocycles. The van der Waals surface area contributed by atoms with Crippen molar-refractivity contribution < 1.29 is 9.47 Å². The van der Waals surface area contributed by atoms with E-state index in [1.165, 1.54) is 43.6 Å². The molecule has 0 aromatic heterocycles. The molecule has 5 heteroatoms. The van der Waals surface area contributed by atoms with Crippen LogP contribution in [0.5, 0.6) is 11.5 Å². The summed E-state index contributed by atoms with van der Waals surface area (Å²) in [5, 5.41) is 3.46. The van der Waals surface area contributed by atoms with Gasteiger partial charge in [0, 0.05) is 19.6 Å². The summed E-state index contributed by atoms with van der Waals surface area (Å²) in [5.74, 6) is 2.58. The van der Waals surface area contributed by atoms with Gasteiger partial charge < -0.3 is 19.7 Å². The van der Waals surface area contributed by atoms with Crippen LogP contribution in [0.15, 0.2) is 12.1 Å². The molecule has 4 nitrogen and oxygen atoms in total. The van der Waals surface area contributed by atoms with Gasteiger partial charge in [0.2, 0.25) is 0 Å². The molecule has 0 radical (unpaired) electrons. The van der Waals surface area contributed by atoms with Crippen molar-refractivity contribution in [3.63, 3.8) is 0 Å². The first-order valence-electron chi connectivity index (χ1n) is 8.47. The summed E-state index contributed by atoms with van der Waals surface area (Å²) >= 11 is 0. The molecule has 0 aliphatic carbocycles. The number of halogens is 1. The summed E-state index contributed by atoms with van der Waals surface area (Å²) in [6, 6.07) is 4.34. The molecule has 0 bridgehead atoms. The number of fused-ring (bicyclic) bond motifs is 1. The van der Waals surface area contributed by atoms with Crippen LogP contribution < -0.4 is 14.8 Å². The van der Waals surface area contributed by atoms with E-state index in [2.05, 4.69) is 22.3 Å². The fraction of sp³-hybridized carbons (Fsp3) is 0.667. The largest absolute Gasteiger partial charge is 0.493 e. The van der Waals surface area contributed by atoms with Crippen molar-refractivity contribution in [1.29, 1.82) is 0 Å². The van der Waals surface area contributed by atoms with Gasteiger partial charge >= 0.3 is 0 Å². The molecule has 23 heavy (non-hydrogen) atoms. The van der Waals surface area contributed by atoms with Crippen molar-refractivity contribution in [3.05, 3.63) is 23.3 Å². The summed E-state index contributed by atoms with van der Waals surface area (Å²) in [6.07, 6.45) is 4.87. The van der Waals surface area contributed by atoms with E-state index in [0.717, 1.165) is 43.3 Å². The minimum Gasteiger partial charge on any atom is -0.493 e. The molecule has 1 N–H and O–H groups in total. The van der Waals surface area contributed by atoms with E-state index >= 15 is 0 Å². The van der Waals surface area contributed by atoms with E-state index < -0.39 is 0 Å². The summed E-state index contributed by atoms with van der Waals surface area (Å²) in [5.41, 5.74) is 2.84. The maximum atomic E-state index is 5.45. The number of ether oxygens (including phenoxy) is 2. The molecule has 1 fully saturated rings. The lowest BCUT2D eigenvalue weighted by molar-refractivity contribution is 0.213. The number of piperidine rings is 1. The van der Waals surface area contributed by atoms with Crippen molar-refractivity contribution in [2.24, 2.45) is 5.92 Å². The number of nitrogens with one attached hydrogen (secondary N) is 1. The quantitative estimate of drug-likeness (QED) is 0.913. The Morgan fingerprint density at radius 1 is 1.00 bits per heavy atom. The Kier molecular flexibility index (Phi) is 7.00. The summed E-state index contributed by atoms with van der Waals surface area (Å²) in [7, 11) is 3.43. The van der Waals surface area contributed by atoms with E-state index in [4.69, 9.17) is 9.47 Å². The predicted molar refractivity (Wildman–Crippen MR) is 96.2 cm³/mol. The topological polar surface area (TPSA) is 33.7 Å². The van der Waals surface area contributed by atoms with Crippen LogP contribution in [0.1, 0.15) is 24.0 Å². The Morgan fingerprint density at radius 3 is 2.00 bits per heavy atom. The van der Waals surface area contributed by atoms with Gasteiger partial charge in [0.15, 0.2) is 11.5 Å². The molecule has 3 rings (SSSR count). The second-order valence-electron chi connectivity index (χ2n) is 6.47. The third-order valence-corrected chi connectivity index (χ3v) is 5.08. The average molecular weight is 341 g/mol. The summed E-state index contributed by atoms with van der Waals surface area (Å²) in [6.45, 7) is 5.95. The third-order valence-electron chi connectivity index (χ3n) is 5.08. The molecule has 0 atom stereocenters. The molecule has 1 aromatic rings. The fourth-order valence-electron chi connectivity index (χ4n) is 3.71. The van der Waals surface area contributed by atoms with E-state index in [9.17, 15) is 0 Å². The van der Waals surface area contributed by atoms with Crippen LogP contribution in [0.25, 0.3) is 0 Å². The lowest BCUT2D eigenvalue weighted by Crippen LogP contribution is -2.37. The second-order valence-corrected chi connectivity index (χ2v) is 6.47. The van der Waals surface area contributed by atoms with Crippen molar-refractivity contribution >= 4 is 12.4 Å². The van der Waals surface area contributed by atoms with Gasteiger partial charge in [-0.25, -0.2) is 0 Å². The van der Waals surface area contributed by atoms with E-state index in [1.54, 1.807) is 14.2 Å². The molecule has 2 aliphatic heterocycles. The number of methoxy groups -OCH3 is 2. The molecule has 0 amide bonds. The molecule has 0 spiro atoms. The maximum Gasteiger partial charge on any atom is 0.161 e. The SMILES string of the molecule is COc1cc2c(cc1OC)CCN(CC1CCNCC1)CC2.Cl. The average Bonchev–Trinajstić information content (AvgIpc) is 2.76. The summed E-state index contributed by atoms with van der Waals surface area (Å²) in [4.78, 5) is 2.65. The Labute approximate surface area is 145 Å². The highest BCUT2D eigenvalue weighted by atomic mass is 35.5. The molecule has 1 saturated heterocycles. The normalized spacial score (nSPS) is 19.4. The Hall–Kier alpha value is -0.970. The Bertz CT molecular complexity index is 469. The van der Waals surface area contributed by atoms with Crippen LogP contribution >= 0.6 is 12.4 Å². The third kappa shape index (κ3) is 4.52. The smallest absolute Gasteiger partial charge is 0.161 e. The molecule has 130 valence electrons. The van der Waals surface area contributed by atoms with Crippen molar-refractivity contribution in [2.45, 2.75) is 25.7 Å². The van der Waals surface area contributed by atoms with Crippen LogP contribution in [-0.4, -0.2) is 51.8 Å². The van der Waals surface area contributed by atoms with Crippen LogP contribution in [0, 0.1) is 5.92 Å². The van der Waals surface area contributed by atoms with Gasteiger partial charge in [0.05, 0.1) is 14.2 Å². The van der Waals surface area contributed by atoms with Gasteiger partial charge in [-0.2, -0.15) is 0 Å². The van der Waals surface area contributed by atoms with Crippen LogP contribution in [0.4, 0.5) is 0 Å². The van der Waals surface area contributed by atoms with E-state index in [1.807, 2.05) is 0 Å². The van der Waals surface area contributed by atoms with E-state index in [0.29, 0.717) is 0 Å². The first kappa shape index (κ1) is 18.4. The first-order chi connectivity index (χ1) is 10.8. The van der Waals surface area contributed by atoms with Crippen molar-refractivity contribution in [2.75, 3.05) is 46.9 Å². The van der Waals surface area contributed by atoms with Crippen molar-refractivity contribution in [1.82, 2.24) is 10.2 Å². The highest BCUT2D eigenvalue weighted by Gasteiger charge is 2.21. The molecular weight excluding hydrogens is 312 g/mol. The van der Waals surface area contributed by atoms with Gasteiger partial charge in [-0.1, -0.05) is 0 Å². The van der Waals surface area contributed by atoms with Crippen LogP contribution in [-0.2, 0) is 12.8 Å². The number of hydrogen-bond acceptors (Lipinski definition) is 4. The number of nitrogens with zero attached hydrogens (tertiary/aromatic N) is 1.